The average molecular weight is 217 g/mol. The Bertz CT molecular complexity index is 549. The molecule has 0 spiro atoms. The lowest BCUT2D eigenvalue weighted by Crippen LogP contribution is -2.18. The van der Waals surface area contributed by atoms with E-state index in [0.717, 1.165) is 5.56 Å². The topological polar surface area (TPSA) is 57.0 Å². The number of aromatic nitrogens is 3. The maximum Gasteiger partial charge on any atom is 0.316 e. The van der Waals surface area contributed by atoms with E-state index in [0.29, 0.717) is 5.69 Å². The Morgan fingerprint density at radius 1 is 1.25 bits per heavy atom. The Morgan fingerprint density at radius 2 is 1.94 bits per heavy atom. The van der Waals surface area contributed by atoms with Gasteiger partial charge in [-0.15, -0.1) is 0 Å². The Labute approximate surface area is 92.3 Å². The van der Waals surface area contributed by atoms with Gasteiger partial charge in [0.25, 0.3) is 0 Å². The highest BCUT2D eigenvalue weighted by Gasteiger charge is 2.09. The van der Waals surface area contributed by atoms with Crippen molar-refractivity contribution in [1.82, 2.24) is 14.8 Å². The van der Waals surface area contributed by atoms with E-state index >= 15 is 0 Å². The molecule has 5 heteroatoms. The molecule has 5 nitrogen and oxygen atoms in total. The first kappa shape index (κ1) is 10.4. The second-order valence-electron chi connectivity index (χ2n) is 3.24. The molecule has 0 bridgehead atoms. The van der Waals surface area contributed by atoms with Gasteiger partial charge >= 0.3 is 11.6 Å². The van der Waals surface area contributed by atoms with E-state index < -0.39 is 0 Å². The predicted octanol–water partition coefficient (Wildman–Crippen LogP) is 0.851. The number of hydrogen-bond acceptors (Lipinski definition) is 4. The fraction of sp³-hybridized carbons (Fsp3) is 0.182. The van der Waals surface area contributed by atoms with Crippen molar-refractivity contribution in [1.29, 1.82) is 0 Å². The summed E-state index contributed by atoms with van der Waals surface area (Å²) in [5.74, 6) is 0. The van der Waals surface area contributed by atoms with Crippen molar-refractivity contribution in [2.24, 2.45) is 7.05 Å². The van der Waals surface area contributed by atoms with Crippen LogP contribution in [0.3, 0.4) is 0 Å². The summed E-state index contributed by atoms with van der Waals surface area (Å²) >= 11 is 0. The molecule has 1 aromatic heterocycles. The van der Waals surface area contributed by atoms with Gasteiger partial charge in [0.1, 0.15) is 0 Å². The van der Waals surface area contributed by atoms with Gasteiger partial charge in [-0.3, -0.25) is 4.79 Å². The summed E-state index contributed by atoms with van der Waals surface area (Å²) in [5, 5.41) is 4.13. The minimum atomic E-state index is -0.388. The Balaban J connectivity index is 2.60. The second-order valence-corrected chi connectivity index (χ2v) is 3.24. The quantitative estimate of drug-likeness (QED) is 0.748. The van der Waals surface area contributed by atoms with Gasteiger partial charge in [-0.05, 0) is 0 Å². The van der Waals surface area contributed by atoms with Crippen molar-refractivity contribution >= 4 is 0 Å². The lowest BCUT2D eigenvalue weighted by atomic mass is 10.2. The van der Waals surface area contributed by atoms with E-state index in [1.54, 1.807) is 7.05 Å². The molecule has 2 aromatic rings. The van der Waals surface area contributed by atoms with Crippen LogP contribution in [0.4, 0.5) is 0 Å². The highest BCUT2D eigenvalue weighted by molar-refractivity contribution is 5.57. The molecular weight excluding hydrogens is 206 g/mol. The molecule has 1 aromatic carbocycles. The van der Waals surface area contributed by atoms with Gasteiger partial charge in [0, 0.05) is 12.6 Å². The molecule has 2 rings (SSSR count). The van der Waals surface area contributed by atoms with Crippen LogP contribution < -0.4 is 10.3 Å². The molecule has 1 heterocycles. The summed E-state index contributed by atoms with van der Waals surface area (Å²) < 4.78 is 6.34. The number of hydrogen-bond donors (Lipinski definition) is 0. The lowest BCUT2D eigenvalue weighted by molar-refractivity contribution is 0.345. The van der Waals surface area contributed by atoms with Crippen molar-refractivity contribution in [2.45, 2.75) is 0 Å². The molecule has 0 aliphatic carbocycles. The van der Waals surface area contributed by atoms with Crippen LogP contribution in [-0.4, -0.2) is 21.9 Å². The summed E-state index contributed by atoms with van der Waals surface area (Å²) in [4.78, 5) is 15.5. The van der Waals surface area contributed by atoms with E-state index in [4.69, 9.17) is 4.74 Å². The van der Waals surface area contributed by atoms with Crippen LogP contribution >= 0.6 is 0 Å². The van der Waals surface area contributed by atoms with Gasteiger partial charge in [-0.2, -0.15) is 10.1 Å². The third-order valence-corrected chi connectivity index (χ3v) is 2.16. The number of benzene rings is 1. The monoisotopic (exact) mass is 217 g/mol. The molecule has 0 unspecified atom stereocenters. The van der Waals surface area contributed by atoms with Crippen molar-refractivity contribution in [3.05, 3.63) is 40.7 Å². The zero-order valence-electron chi connectivity index (χ0n) is 9.04. The van der Waals surface area contributed by atoms with Gasteiger partial charge in [0.2, 0.25) is 0 Å². The van der Waals surface area contributed by atoms with Crippen LogP contribution in [0.5, 0.6) is 6.01 Å². The Morgan fingerprint density at radius 3 is 2.56 bits per heavy atom. The molecular formula is C11H11N3O2. The molecule has 0 saturated heterocycles. The van der Waals surface area contributed by atoms with Gasteiger partial charge in [0.15, 0.2) is 5.69 Å². The Hall–Kier alpha value is -2.17. The van der Waals surface area contributed by atoms with E-state index in [1.165, 1.54) is 11.8 Å². The SMILES string of the molecule is COc1nc(=O)c(-c2ccccc2)nn1C. The number of methoxy groups -OCH3 is 1. The van der Waals surface area contributed by atoms with Gasteiger partial charge < -0.3 is 4.74 Å². The van der Waals surface area contributed by atoms with E-state index in [-0.39, 0.29) is 11.6 Å². The molecule has 0 fully saturated rings. The summed E-state index contributed by atoms with van der Waals surface area (Å²) in [6.07, 6.45) is 0. The predicted molar refractivity (Wildman–Crippen MR) is 59.3 cm³/mol. The molecule has 0 radical (unpaired) electrons. The van der Waals surface area contributed by atoms with E-state index in [2.05, 4.69) is 10.1 Å². The minimum Gasteiger partial charge on any atom is -0.467 e. The fourth-order valence-corrected chi connectivity index (χ4v) is 1.40. The zero-order valence-corrected chi connectivity index (χ0v) is 9.04. The standard InChI is InChI=1S/C11H11N3O2/c1-14-11(16-2)12-10(15)9(13-14)8-6-4-3-5-7-8/h3-7H,1-2H3. The summed E-state index contributed by atoms with van der Waals surface area (Å²) in [7, 11) is 3.13. The second kappa shape index (κ2) is 4.14. The maximum atomic E-state index is 11.7. The fourth-order valence-electron chi connectivity index (χ4n) is 1.40. The van der Waals surface area contributed by atoms with Gasteiger partial charge in [-0.25, -0.2) is 4.68 Å². The number of rotatable bonds is 2. The smallest absolute Gasteiger partial charge is 0.316 e. The van der Waals surface area contributed by atoms with Crippen LogP contribution in [0.25, 0.3) is 11.3 Å². The Kier molecular flexibility index (Phi) is 2.68. The highest BCUT2D eigenvalue weighted by atomic mass is 16.5. The molecule has 0 aliphatic heterocycles. The normalized spacial score (nSPS) is 10.1. The zero-order chi connectivity index (χ0) is 11.5. The maximum absolute atomic E-state index is 11.7. The minimum absolute atomic E-state index is 0.199. The van der Waals surface area contributed by atoms with Crippen LogP contribution in [-0.2, 0) is 7.05 Å². The first-order chi connectivity index (χ1) is 7.72. The molecule has 16 heavy (non-hydrogen) atoms. The molecule has 0 aliphatic rings. The molecule has 82 valence electrons. The number of ether oxygens (including phenoxy) is 1. The van der Waals surface area contributed by atoms with Gasteiger partial charge in [-0.1, -0.05) is 30.3 Å². The average Bonchev–Trinajstić information content (AvgIpc) is 2.32. The summed E-state index contributed by atoms with van der Waals surface area (Å²) in [5.41, 5.74) is 0.684. The molecule has 0 N–H and O–H groups in total. The van der Waals surface area contributed by atoms with Crippen LogP contribution in [0.2, 0.25) is 0 Å². The number of nitrogens with zero attached hydrogens (tertiary/aromatic N) is 3. The molecule has 0 amide bonds. The summed E-state index contributed by atoms with van der Waals surface area (Å²) in [6.45, 7) is 0. The highest BCUT2D eigenvalue weighted by Crippen LogP contribution is 2.12. The molecule has 0 atom stereocenters. The number of aryl methyl sites for hydroxylation is 1. The third-order valence-electron chi connectivity index (χ3n) is 2.16. The van der Waals surface area contributed by atoms with E-state index in [9.17, 15) is 4.79 Å². The first-order valence-electron chi connectivity index (χ1n) is 4.77. The summed E-state index contributed by atoms with van der Waals surface area (Å²) in [6, 6.07) is 9.41. The van der Waals surface area contributed by atoms with Crippen LogP contribution in [0.15, 0.2) is 35.1 Å². The van der Waals surface area contributed by atoms with Crippen molar-refractivity contribution in [3.8, 4) is 17.3 Å². The largest absolute Gasteiger partial charge is 0.467 e. The van der Waals surface area contributed by atoms with Crippen molar-refractivity contribution in [3.63, 3.8) is 0 Å². The first-order valence-corrected chi connectivity index (χ1v) is 4.77. The van der Waals surface area contributed by atoms with Crippen LogP contribution in [0, 0.1) is 0 Å². The third kappa shape index (κ3) is 1.79. The lowest BCUT2D eigenvalue weighted by Gasteiger charge is -2.06. The van der Waals surface area contributed by atoms with Crippen molar-refractivity contribution < 1.29 is 4.74 Å². The molecule has 0 saturated carbocycles. The van der Waals surface area contributed by atoms with Crippen LogP contribution in [0.1, 0.15) is 0 Å². The van der Waals surface area contributed by atoms with Crippen molar-refractivity contribution in [2.75, 3.05) is 7.11 Å². The van der Waals surface area contributed by atoms with Gasteiger partial charge in [0.05, 0.1) is 7.11 Å². The van der Waals surface area contributed by atoms with E-state index in [1.807, 2.05) is 30.3 Å².